The summed E-state index contributed by atoms with van der Waals surface area (Å²) in [5, 5.41) is 0.398. The molecule has 0 aliphatic rings. The predicted octanol–water partition coefficient (Wildman–Crippen LogP) is 4.01. The molecule has 108 valence electrons. The lowest BCUT2D eigenvalue weighted by Gasteiger charge is -2.08. The van der Waals surface area contributed by atoms with Crippen LogP contribution < -0.4 is 4.74 Å². The second-order valence-corrected chi connectivity index (χ2v) is 4.58. The van der Waals surface area contributed by atoms with Gasteiger partial charge in [0.05, 0.1) is 11.1 Å². The van der Waals surface area contributed by atoms with E-state index >= 15 is 0 Å². The number of aromatic amines is 1. The molecule has 20 heavy (non-hydrogen) atoms. The van der Waals surface area contributed by atoms with Crippen molar-refractivity contribution in [3.05, 3.63) is 28.4 Å². The van der Waals surface area contributed by atoms with E-state index in [9.17, 15) is 18.0 Å². The number of carbonyl (C=O) groups is 1. The molecule has 4 nitrogen and oxygen atoms in total. The third-order valence-corrected chi connectivity index (χ3v) is 3.24. The number of benzene rings is 1. The maximum absolute atomic E-state index is 12.2. The van der Waals surface area contributed by atoms with E-state index < -0.39 is 12.3 Å². The summed E-state index contributed by atoms with van der Waals surface area (Å²) in [7, 11) is 0. The van der Waals surface area contributed by atoms with Crippen LogP contribution in [0.1, 0.15) is 17.4 Å². The topological polar surface area (TPSA) is 51.3 Å². The molecule has 2 aromatic rings. The van der Waals surface area contributed by atoms with E-state index in [1.165, 1.54) is 12.1 Å². The minimum atomic E-state index is -4.76. The molecule has 1 aromatic carbocycles. The van der Waals surface area contributed by atoms with E-state index in [0.717, 1.165) is 6.07 Å². The molecule has 0 spiro atoms. The molecule has 0 radical (unpaired) electrons. The van der Waals surface area contributed by atoms with Crippen LogP contribution >= 0.6 is 15.9 Å². The quantitative estimate of drug-likeness (QED) is 0.850. The summed E-state index contributed by atoms with van der Waals surface area (Å²) in [6.07, 6.45) is -4.76. The van der Waals surface area contributed by atoms with Crippen molar-refractivity contribution in [3.63, 3.8) is 0 Å². The fourth-order valence-corrected chi connectivity index (χ4v) is 2.27. The highest BCUT2D eigenvalue weighted by Gasteiger charge is 2.31. The Morgan fingerprint density at radius 2 is 2.10 bits per heavy atom. The summed E-state index contributed by atoms with van der Waals surface area (Å²) in [5.41, 5.74) is 0.639. The zero-order valence-corrected chi connectivity index (χ0v) is 11.8. The average Bonchev–Trinajstić information content (AvgIpc) is 2.65. The number of hydrogen-bond donors (Lipinski definition) is 1. The van der Waals surface area contributed by atoms with E-state index in [2.05, 4.69) is 25.7 Å². The first-order chi connectivity index (χ1) is 9.31. The Morgan fingerprint density at radius 3 is 2.70 bits per heavy atom. The number of alkyl halides is 3. The van der Waals surface area contributed by atoms with Gasteiger partial charge in [-0.05, 0) is 41.1 Å². The second kappa shape index (κ2) is 5.35. The minimum Gasteiger partial charge on any atom is -0.461 e. The summed E-state index contributed by atoms with van der Waals surface area (Å²) in [4.78, 5) is 14.4. The molecule has 0 atom stereocenters. The number of carbonyl (C=O) groups excluding carboxylic acids is 1. The molecule has 0 bridgehead atoms. The Bertz CT molecular complexity index is 651. The summed E-state index contributed by atoms with van der Waals surface area (Å²) in [6.45, 7) is 1.85. The standard InChI is InChI=1S/C12H9BrF3NO3/c1-2-19-11(18)10-9(13)7-5-6(20-12(14,15)16)3-4-8(7)17-10/h3-5,17H,2H2,1H3. The van der Waals surface area contributed by atoms with Crippen molar-refractivity contribution in [2.75, 3.05) is 6.61 Å². The van der Waals surface area contributed by atoms with Crippen molar-refractivity contribution in [2.24, 2.45) is 0 Å². The Morgan fingerprint density at radius 1 is 1.40 bits per heavy atom. The van der Waals surface area contributed by atoms with Crippen LogP contribution in [0.3, 0.4) is 0 Å². The van der Waals surface area contributed by atoms with Crippen LogP contribution in [0.15, 0.2) is 22.7 Å². The molecule has 0 fully saturated rings. The SMILES string of the molecule is CCOC(=O)c1[nH]c2ccc(OC(F)(F)F)cc2c1Br. The third kappa shape index (κ3) is 3.06. The molecule has 8 heteroatoms. The van der Waals surface area contributed by atoms with Gasteiger partial charge in [0.25, 0.3) is 0 Å². The van der Waals surface area contributed by atoms with Crippen LogP contribution in [0.4, 0.5) is 13.2 Å². The Labute approximate surface area is 120 Å². The summed E-state index contributed by atoms with van der Waals surface area (Å²) in [6, 6.07) is 3.74. The van der Waals surface area contributed by atoms with Crippen molar-refractivity contribution in [3.8, 4) is 5.75 Å². The van der Waals surface area contributed by atoms with Crippen LogP contribution in [-0.4, -0.2) is 23.9 Å². The number of nitrogens with one attached hydrogen (secondary N) is 1. The van der Waals surface area contributed by atoms with Crippen LogP contribution in [0.25, 0.3) is 10.9 Å². The molecule has 1 heterocycles. The molecule has 0 aliphatic heterocycles. The number of hydrogen-bond acceptors (Lipinski definition) is 3. The van der Waals surface area contributed by atoms with Crippen molar-refractivity contribution >= 4 is 32.8 Å². The monoisotopic (exact) mass is 351 g/mol. The Hall–Kier alpha value is -1.70. The van der Waals surface area contributed by atoms with Crippen LogP contribution in [0.2, 0.25) is 0 Å². The molecule has 0 saturated heterocycles. The normalized spacial score (nSPS) is 11.7. The fourth-order valence-electron chi connectivity index (χ4n) is 1.68. The second-order valence-electron chi connectivity index (χ2n) is 3.79. The van der Waals surface area contributed by atoms with Gasteiger partial charge in [0.15, 0.2) is 0 Å². The van der Waals surface area contributed by atoms with Crippen molar-refractivity contribution < 1.29 is 27.4 Å². The average molecular weight is 352 g/mol. The van der Waals surface area contributed by atoms with Gasteiger partial charge in [0.2, 0.25) is 0 Å². The molecular weight excluding hydrogens is 343 g/mol. The van der Waals surface area contributed by atoms with Crippen molar-refractivity contribution in [2.45, 2.75) is 13.3 Å². The smallest absolute Gasteiger partial charge is 0.461 e. The van der Waals surface area contributed by atoms with Crippen LogP contribution in [-0.2, 0) is 4.74 Å². The maximum atomic E-state index is 12.2. The van der Waals surface area contributed by atoms with Crippen LogP contribution in [0.5, 0.6) is 5.75 Å². The van der Waals surface area contributed by atoms with Crippen molar-refractivity contribution in [1.82, 2.24) is 4.98 Å². The fraction of sp³-hybridized carbons (Fsp3) is 0.250. The highest BCUT2D eigenvalue weighted by atomic mass is 79.9. The lowest BCUT2D eigenvalue weighted by Crippen LogP contribution is -2.16. The largest absolute Gasteiger partial charge is 0.573 e. The number of aromatic nitrogens is 1. The van der Waals surface area contributed by atoms with Gasteiger partial charge in [-0.2, -0.15) is 0 Å². The molecule has 0 amide bonds. The summed E-state index contributed by atoms with van der Waals surface area (Å²) in [5.74, 6) is -0.950. The van der Waals surface area contributed by atoms with Gasteiger partial charge in [-0.25, -0.2) is 4.79 Å². The molecule has 0 saturated carbocycles. The van der Waals surface area contributed by atoms with Gasteiger partial charge in [-0.1, -0.05) is 0 Å². The lowest BCUT2D eigenvalue weighted by atomic mass is 10.2. The molecule has 1 N–H and O–H groups in total. The van der Waals surface area contributed by atoms with Gasteiger partial charge < -0.3 is 14.5 Å². The number of ether oxygens (including phenoxy) is 2. The highest BCUT2D eigenvalue weighted by molar-refractivity contribution is 9.10. The van der Waals surface area contributed by atoms with E-state index in [1.807, 2.05) is 0 Å². The number of fused-ring (bicyclic) bond motifs is 1. The highest BCUT2D eigenvalue weighted by Crippen LogP contribution is 2.33. The summed E-state index contributed by atoms with van der Waals surface area (Å²) < 4.78 is 45.5. The van der Waals surface area contributed by atoms with Gasteiger partial charge in [0, 0.05) is 10.9 Å². The first-order valence-corrected chi connectivity index (χ1v) is 6.35. The molecule has 1 aromatic heterocycles. The molecular formula is C12H9BrF3NO3. The van der Waals surface area contributed by atoms with Crippen molar-refractivity contribution in [1.29, 1.82) is 0 Å². The van der Waals surface area contributed by atoms with E-state index in [1.54, 1.807) is 6.92 Å². The molecule has 2 rings (SSSR count). The number of esters is 1. The first-order valence-electron chi connectivity index (χ1n) is 5.56. The minimum absolute atomic E-state index is 0.144. The molecule has 0 aliphatic carbocycles. The number of H-pyrrole nitrogens is 1. The van der Waals surface area contributed by atoms with Gasteiger partial charge >= 0.3 is 12.3 Å². The Kier molecular flexibility index (Phi) is 3.94. The first kappa shape index (κ1) is 14.7. The molecule has 0 unspecified atom stereocenters. The zero-order chi connectivity index (χ0) is 14.9. The predicted molar refractivity (Wildman–Crippen MR) is 68.6 cm³/mol. The van der Waals surface area contributed by atoms with E-state index in [4.69, 9.17) is 4.74 Å². The van der Waals surface area contributed by atoms with Gasteiger partial charge in [0.1, 0.15) is 11.4 Å². The summed E-state index contributed by atoms with van der Waals surface area (Å²) >= 11 is 3.17. The Balaban J connectivity index is 2.43. The van der Waals surface area contributed by atoms with E-state index in [-0.39, 0.29) is 18.1 Å². The number of rotatable bonds is 3. The third-order valence-electron chi connectivity index (χ3n) is 2.42. The van der Waals surface area contributed by atoms with E-state index in [0.29, 0.717) is 15.4 Å². The van der Waals surface area contributed by atoms with Crippen LogP contribution in [0, 0.1) is 0 Å². The number of halogens is 4. The van der Waals surface area contributed by atoms with Gasteiger partial charge in [-0.15, -0.1) is 13.2 Å². The van der Waals surface area contributed by atoms with Gasteiger partial charge in [-0.3, -0.25) is 0 Å². The lowest BCUT2D eigenvalue weighted by molar-refractivity contribution is -0.274. The zero-order valence-electron chi connectivity index (χ0n) is 10.2. The maximum Gasteiger partial charge on any atom is 0.573 e.